The summed E-state index contributed by atoms with van der Waals surface area (Å²) in [4.78, 5) is 27.9. The molecule has 1 aliphatic rings. The van der Waals surface area contributed by atoms with Crippen molar-refractivity contribution in [1.29, 1.82) is 0 Å². The fourth-order valence-electron chi connectivity index (χ4n) is 3.11. The molecule has 1 N–H and O–H groups in total. The third-order valence-corrected chi connectivity index (χ3v) is 4.39. The van der Waals surface area contributed by atoms with Crippen LogP contribution >= 0.6 is 0 Å². The Balaban J connectivity index is 1.65. The highest BCUT2D eigenvalue weighted by molar-refractivity contribution is 5.94. The molecule has 0 spiro atoms. The number of imidazole rings is 2. The first kappa shape index (κ1) is 16.2. The van der Waals surface area contributed by atoms with Crippen molar-refractivity contribution >= 4 is 17.4 Å². The van der Waals surface area contributed by atoms with Gasteiger partial charge in [-0.25, -0.2) is 14.8 Å². The van der Waals surface area contributed by atoms with Gasteiger partial charge in [0.2, 0.25) is 0 Å². The molecule has 26 heavy (non-hydrogen) atoms. The van der Waals surface area contributed by atoms with E-state index in [1.54, 1.807) is 23.6 Å². The number of hydrogen-bond donors (Lipinski definition) is 1. The molecule has 0 radical (unpaired) electrons. The maximum Gasteiger partial charge on any atom is 0.333 e. The quantitative estimate of drug-likeness (QED) is 0.780. The maximum atomic E-state index is 12.7. The molecule has 0 saturated carbocycles. The van der Waals surface area contributed by atoms with Gasteiger partial charge >= 0.3 is 6.03 Å². The zero-order valence-corrected chi connectivity index (χ0v) is 14.5. The lowest BCUT2D eigenvalue weighted by atomic mass is 10.2. The number of nitrogens with one attached hydrogen (secondary N) is 1. The Morgan fingerprint density at radius 3 is 3.08 bits per heavy atom. The van der Waals surface area contributed by atoms with Crippen molar-refractivity contribution in [2.45, 2.75) is 13.5 Å². The number of carbonyl (C=O) groups is 1. The number of anilines is 2. The van der Waals surface area contributed by atoms with E-state index in [1.807, 2.05) is 31.3 Å². The first-order valence-corrected chi connectivity index (χ1v) is 8.55. The SMILES string of the molecule is CCN(C(=O)n1ccnc1)c1ccc2c(c1)N(Cc1c[nH]cn1)CCO2. The van der Waals surface area contributed by atoms with Crippen LogP contribution in [0.1, 0.15) is 12.6 Å². The number of ether oxygens (including phenoxy) is 1. The van der Waals surface area contributed by atoms with Crippen LogP contribution in [0.2, 0.25) is 0 Å². The fourth-order valence-corrected chi connectivity index (χ4v) is 3.11. The van der Waals surface area contributed by atoms with Gasteiger partial charge in [0.15, 0.2) is 0 Å². The Morgan fingerprint density at radius 1 is 1.42 bits per heavy atom. The second-order valence-electron chi connectivity index (χ2n) is 5.98. The summed E-state index contributed by atoms with van der Waals surface area (Å²) in [5, 5.41) is 0. The molecule has 134 valence electrons. The van der Waals surface area contributed by atoms with Gasteiger partial charge in [0.25, 0.3) is 0 Å². The molecule has 1 amide bonds. The zero-order chi connectivity index (χ0) is 17.9. The highest BCUT2D eigenvalue weighted by Gasteiger charge is 2.22. The summed E-state index contributed by atoms with van der Waals surface area (Å²) in [5.74, 6) is 0.821. The molecular formula is C18H20N6O2. The van der Waals surface area contributed by atoms with Crippen LogP contribution in [0.15, 0.2) is 49.4 Å². The van der Waals surface area contributed by atoms with Crippen LogP contribution < -0.4 is 14.5 Å². The van der Waals surface area contributed by atoms with Gasteiger partial charge < -0.3 is 14.6 Å². The summed E-state index contributed by atoms with van der Waals surface area (Å²) < 4.78 is 7.26. The summed E-state index contributed by atoms with van der Waals surface area (Å²) in [5.41, 5.74) is 2.75. The van der Waals surface area contributed by atoms with Gasteiger partial charge in [-0.3, -0.25) is 9.47 Å². The fraction of sp³-hybridized carbons (Fsp3) is 0.278. The van der Waals surface area contributed by atoms with E-state index in [2.05, 4.69) is 19.9 Å². The van der Waals surface area contributed by atoms with Crippen LogP contribution in [0.4, 0.5) is 16.2 Å². The molecule has 0 saturated heterocycles. The lowest BCUT2D eigenvalue weighted by Gasteiger charge is -2.32. The molecular weight excluding hydrogens is 332 g/mol. The Bertz CT molecular complexity index is 875. The highest BCUT2D eigenvalue weighted by atomic mass is 16.5. The number of nitrogens with zero attached hydrogens (tertiary/aromatic N) is 5. The first-order chi connectivity index (χ1) is 12.8. The van der Waals surface area contributed by atoms with Crippen molar-refractivity contribution in [2.24, 2.45) is 0 Å². The number of carbonyl (C=O) groups excluding carboxylic acids is 1. The van der Waals surface area contributed by atoms with Gasteiger partial charge in [0.1, 0.15) is 18.7 Å². The number of benzene rings is 1. The van der Waals surface area contributed by atoms with Crippen molar-refractivity contribution in [2.75, 3.05) is 29.5 Å². The van der Waals surface area contributed by atoms with Gasteiger partial charge in [-0.2, -0.15) is 0 Å². The van der Waals surface area contributed by atoms with E-state index in [0.29, 0.717) is 19.7 Å². The second-order valence-corrected chi connectivity index (χ2v) is 5.98. The maximum absolute atomic E-state index is 12.7. The monoisotopic (exact) mass is 352 g/mol. The van der Waals surface area contributed by atoms with E-state index in [9.17, 15) is 4.79 Å². The molecule has 3 heterocycles. The first-order valence-electron chi connectivity index (χ1n) is 8.55. The highest BCUT2D eigenvalue weighted by Crippen LogP contribution is 2.36. The predicted molar refractivity (Wildman–Crippen MR) is 97.6 cm³/mol. The van der Waals surface area contributed by atoms with Crippen molar-refractivity contribution in [3.63, 3.8) is 0 Å². The number of aromatic nitrogens is 4. The Labute approximate surface area is 151 Å². The van der Waals surface area contributed by atoms with E-state index >= 15 is 0 Å². The number of amides is 1. The van der Waals surface area contributed by atoms with E-state index in [0.717, 1.165) is 29.4 Å². The molecule has 1 aromatic carbocycles. The van der Waals surface area contributed by atoms with Crippen LogP contribution in [-0.4, -0.2) is 45.2 Å². The molecule has 8 heteroatoms. The Kier molecular flexibility index (Phi) is 4.30. The molecule has 0 unspecified atom stereocenters. The number of aromatic amines is 1. The predicted octanol–water partition coefficient (Wildman–Crippen LogP) is 2.50. The van der Waals surface area contributed by atoms with E-state index in [-0.39, 0.29) is 6.03 Å². The molecule has 0 bridgehead atoms. The summed E-state index contributed by atoms with van der Waals surface area (Å²) in [6.45, 7) is 4.58. The lowest BCUT2D eigenvalue weighted by molar-refractivity contribution is 0.248. The largest absolute Gasteiger partial charge is 0.490 e. The van der Waals surface area contributed by atoms with Crippen LogP contribution in [0.3, 0.4) is 0 Å². The topological polar surface area (TPSA) is 79.3 Å². The second kappa shape index (κ2) is 6.91. The average Bonchev–Trinajstić information content (AvgIpc) is 3.37. The standard InChI is InChI=1S/C18H20N6O2/c1-2-24(18(25)23-6-5-19-13-23)15-3-4-17-16(9-15)22(7-8-26-17)11-14-10-20-12-21-14/h3-6,9-10,12-13H,2,7-8,11H2,1H3,(H,20,21). The zero-order valence-electron chi connectivity index (χ0n) is 14.5. The third kappa shape index (κ3) is 3.01. The Morgan fingerprint density at radius 2 is 2.35 bits per heavy atom. The van der Waals surface area contributed by atoms with Crippen molar-refractivity contribution in [3.05, 3.63) is 55.1 Å². The Hall–Kier alpha value is -3.29. The molecule has 0 atom stereocenters. The number of hydrogen-bond acceptors (Lipinski definition) is 5. The number of fused-ring (bicyclic) bond motifs is 1. The smallest absolute Gasteiger partial charge is 0.333 e. The van der Waals surface area contributed by atoms with Crippen molar-refractivity contribution in [1.82, 2.24) is 19.5 Å². The minimum absolute atomic E-state index is 0.138. The number of rotatable bonds is 4. The molecule has 1 aliphatic heterocycles. The van der Waals surface area contributed by atoms with Crippen molar-refractivity contribution < 1.29 is 9.53 Å². The lowest BCUT2D eigenvalue weighted by Crippen LogP contribution is -2.35. The molecule has 8 nitrogen and oxygen atoms in total. The van der Waals surface area contributed by atoms with Crippen LogP contribution in [0.25, 0.3) is 0 Å². The number of H-pyrrole nitrogens is 1. The molecule has 2 aromatic heterocycles. The van der Waals surface area contributed by atoms with E-state index in [4.69, 9.17) is 4.74 Å². The molecule has 3 aromatic rings. The summed E-state index contributed by atoms with van der Waals surface area (Å²) in [7, 11) is 0. The third-order valence-electron chi connectivity index (χ3n) is 4.39. The summed E-state index contributed by atoms with van der Waals surface area (Å²) in [6.07, 6.45) is 8.32. The minimum Gasteiger partial charge on any atom is -0.490 e. The summed E-state index contributed by atoms with van der Waals surface area (Å²) >= 11 is 0. The molecule has 0 fully saturated rings. The van der Waals surface area contributed by atoms with Gasteiger partial charge in [-0.1, -0.05) is 0 Å². The van der Waals surface area contributed by atoms with Gasteiger partial charge in [0.05, 0.1) is 30.8 Å². The van der Waals surface area contributed by atoms with Gasteiger partial charge in [-0.15, -0.1) is 0 Å². The molecule has 0 aliphatic carbocycles. The average molecular weight is 352 g/mol. The van der Waals surface area contributed by atoms with Crippen LogP contribution in [0.5, 0.6) is 5.75 Å². The van der Waals surface area contributed by atoms with Gasteiger partial charge in [-0.05, 0) is 25.1 Å². The van der Waals surface area contributed by atoms with Gasteiger partial charge in [0, 0.05) is 30.8 Å². The normalized spacial score (nSPS) is 13.2. The van der Waals surface area contributed by atoms with E-state index in [1.165, 1.54) is 10.9 Å². The summed E-state index contributed by atoms with van der Waals surface area (Å²) in [6, 6.07) is 5.69. The minimum atomic E-state index is -0.138. The van der Waals surface area contributed by atoms with E-state index < -0.39 is 0 Å². The molecule has 4 rings (SSSR count). The van der Waals surface area contributed by atoms with Crippen molar-refractivity contribution in [3.8, 4) is 5.75 Å². The van der Waals surface area contributed by atoms with Crippen LogP contribution in [-0.2, 0) is 6.54 Å². The van der Waals surface area contributed by atoms with Crippen LogP contribution in [0, 0.1) is 0 Å².